The molecule has 2 aromatic rings. The Bertz CT molecular complexity index is 593. The van der Waals surface area contributed by atoms with E-state index >= 15 is 0 Å². The molecule has 112 valence electrons. The van der Waals surface area contributed by atoms with Crippen LogP contribution >= 0.6 is 15.9 Å². The van der Waals surface area contributed by atoms with E-state index in [2.05, 4.69) is 31.2 Å². The zero-order valence-electron chi connectivity index (χ0n) is 12.3. The maximum Gasteiger partial charge on any atom is 0.162 e. The molecule has 6 heteroatoms. The Morgan fingerprint density at radius 2 is 2.05 bits per heavy atom. The van der Waals surface area contributed by atoms with Gasteiger partial charge in [-0.05, 0) is 35.0 Å². The smallest absolute Gasteiger partial charge is 0.162 e. The Balaban J connectivity index is 2.51. The van der Waals surface area contributed by atoms with Gasteiger partial charge in [0, 0.05) is 19.2 Å². The van der Waals surface area contributed by atoms with Crippen LogP contribution in [0.5, 0.6) is 5.75 Å². The normalized spacial score (nSPS) is 10.5. The number of methoxy groups -OCH3 is 2. The van der Waals surface area contributed by atoms with Crippen molar-refractivity contribution in [2.45, 2.75) is 13.5 Å². The van der Waals surface area contributed by atoms with Crippen molar-refractivity contribution < 1.29 is 9.47 Å². The monoisotopic (exact) mass is 351 g/mol. The molecule has 5 nitrogen and oxygen atoms in total. The molecular formula is C15H18BrN3O2. The fraction of sp³-hybridized carbons (Fsp3) is 0.333. The lowest BCUT2D eigenvalue weighted by atomic mass is 10.2. The Morgan fingerprint density at radius 3 is 2.71 bits per heavy atom. The third-order valence-electron chi connectivity index (χ3n) is 2.87. The van der Waals surface area contributed by atoms with Crippen molar-refractivity contribution in [3.63, 3.8) is 0 Å². The van der Waals surface area contributed by atoms with Crippen LogP contribution < -0.4 is 10.1 Å². The molecule has 0 saturated carbocycles. The summed E-state index contributed by atoms with van der Waals surface area (Å²) in [5, 5.41) is 3.23. The topological polar surface area (TPSA) is 56.3 Å². The molecule has 1 aromatic heterocycles. The number of nitrogens with one attached hydrogen (secondary N) is 1. The van der Waals surface area contributed by atoms with Gasteiger partial charge in [0.05, 0.1) is 23.9 Å². The van der Waals surface area contributed by atoms with Crippen LogP contribution in [0.25, 0.3) is 11.4 Å². The van der Waals surface area contributed by atoms with Gasteiger partial charge in [-0.1, -0.05) is 12.1 Å². The van der Waals surface area contributed by atoms with Gasteiger partial charge in [-0.25, -0.2) is 9.97 Å². The fourth-order valence-electron chi connectivity index (χ4n) is 1.90. The van der Waals surface area contributed by atoms with Crippen molar-refractivity contribution in [1.82, 2.24) is 9.97 Å². The standard InChI is InChI=1S/C15H18BrN3O2/c1-4-17-15-13(16)12(9-20-2)18-14(19-15)10-6-5-7-11(8-10)21-3/h5-8H,4,9H2,1-3H3,(H,17,18,19). The first-order valence-electron chi connectivity index (χ1n) is 6.63. The summed E-state index contributed by atoms with van der Waals surface area (Å²) in [6, 6.07) is 7.68. The van der Waals surface area contributed by atoms with Gasteiger partial charge in [0.2, 0.25) is 0 Å². The third-order valence-corrected chi connectivity index (χ3v) is 3.71. The summed E-state index contributed by atoms with van der Waals surface area (Å²) in [5.41, 5.74) is 1.71. The second-order valence-corrected chi connectivity index (χ2v) is 5.14. The molecule has 21 heavy (non-hydrogen) atoms. The number of ether oxygens (including phenoxy) is 2. The lowest BCUT2D eigenvalue weighted by molar-refractivity contribution is 0.181. The number of rotatable bonds is 6. The van der Waals surface area contributed by atoms with E-state index in [-0.39, 0.29) is 0 Å². The molecule has 0 aliphatic carbocycles. The Hall–Kier alpha value is -1.66. The van der Waals surface area contributed by atoms with Crippen LogP contribution in [-0.4, -0.2) is 30.7 Å². The molecule has 0 aliphatic rings. The maximum absolute atomic E-state index is 5.25. The van der Waals surface area contributed by atoms with E-state index in [1.165, 1.54) is 0 Å². The van der Waals surface area contributed by atoms with Gasteiger partial charge in [-0.3, -0.25) is 0 Å². The number of anilines is 1. The minimum atomic E-state index is 0.415. The largest absolute Gasteiger partial charge is 0.497 e. The SMILES string of the molecule is CCNc1nc(-c2cccc(OC)c2)nc(COC)c1Br. The summed E-state index contributed by atoms with van der Waals surface area (Å²) >= 11 is 3.53. The van der Waals surface area contributed by atoms with Crippen LogP contribution in [0.15, 0.2) is 28.7 Å². The molecule has 0 spiro atoms. The van der Waals surface area contributed by atoms with Crippen molar-refractivity contribution >= 4 is 21.7 Å². The van der Waals surface area contributed by atoms with Crippen molar-refractivity contribution in [1.29, 1.82) is 0 Å². The Kier molecular flexibility index (Phi) is 5.52. The lowest BCUT2D eigenvalue weighted by Gasteiger charge is -2.12. The molecular weight excluding hydrogens is 334 g/mol. The van der Waals surface area contributed by atoms with Crippen molar-refractivity contribution in [2.24, 2.45) is 0 Å². The molecule has 2 rings (SSSR count). The van der Waals surface area contributed by atoms with Gasteiger partial charge in [0.15, 0.2) is 5.82 Å². The number of halogens is 1. The van der Waals surface area contributed by atoms with Crippen molar-refractivity contribution in [2.75, 3.05) is 26.1 Å². The summed E-state index contributed by atoms with van der Waals surface area (Å²) in [5.74, 6) is 2.18. The van der Waals surface area contributed by atoms with Gasteiger partial charge in [0.1, 0.15) is 11.6 Å². The number of nitrogens with zero attached hydrogens (tertiary/aromatic N) is 2. The summed E-state index contributed by atoms with van der Waals surface area (Å²) in [6.45, 7) is 3.22. The fourth-order valence-corrected chi connectivity index (χ4v) is 2.33. The number of aromatic nitrogens is 2. The minimum Gasteiger partial charge on any atom is -0.497 e. The van der Waals surface area contributed by atoms with E-state index < -0.39 is 0 Å². The van der Waals surface area contributed by atoms with Crippen LogP contribution in [-0.2, 0) is 11.3 Å². The summed E-state index contributed by atoms with van der Waals surface area (Å²) in [4.78, 5) is 9.14. The van der Waals surface area contributed by atoms with E-state index in [1.807, 2.05) is 31.2 Å². The maximum atomic E-state index is 5.25. The Morgan fingerprint density at radius 1 is 1.24 bits per heavy atom. The van der Waals surface area contributed by atoms with Crippen molar-refractivity contribution in [3.8, 4) is 17.1 Å². The highest BCUT2D eigenvalue weighted by Gasteiger charge is 2.13. The molecule has 0 saturated heterocycles. The Labute approximate surface area is 132 Å². The average Bonchev–Trinajstić information content (AvgIpc) is 2.51. The van der Waals surface area contributed by atoms with Crippen LogP contribution in [0.1, 0.15) is 12.6 Å². The quantitative estimate of drug-likeness (QED) is 0.863. The first-order chi connectivity index (χ1) is 10.2. The van der Waals surface area contributed by atoms with Crippen LogP contribution in [0, 0.1) is 0 Å². The first-order valence-corrected chi connectivity index (χ1v) is 7.42. The van der Waals surface area contributed by atoms with Gasteiger partial charge in [-0.2, -0.15) is 0 Å². The van der Waals surface area contributed by atoms with Gasteiger partial charge >= 0.3 is 0 Å². The molecule has 0 bridgehead atoms. The molecule has 1 N–H and O–H groups in total. The minimum absolute atomic E-state index is 0.415. The predicted octanol–water partition coefficient (Wildman–Crippen LogP) is 3.49. The van der Waals surface area contributed by atoms with Crippen LogP contribution in [0.2, 0.25) is 0 Å². The summed E-state index contributed by atoms with van der Waals surface area (Å²) < 4.78 is 11.3. The molecule has 0 unspecified atom stereocenters. The first kappa shape index (κ1) is 15.7. The number of hydrogen-bond donors (Lipinski definition) is 1. The van der Waals surface area contributed by atoms with E-state index in [0.717, 1.165) is 33.8 Å². The van der Waals surface area contributed by atoms with Gasteiger partial charge < -0.3 is 14.8 Å². The highest BCUT2D eigenvalue weighted by molar-refractivity contribution is 9.10. The van der Waals surface area contributed by atoms with E-state index in [9.17, 15) is 0 Å². The predicted molar refractivity (Wildman–Crippen MR) is 86.6 cm³/mol. The molecule has 0 aliphatic heterocycles. The van der Waals surface area contributed by atoms with Crippen LogP contribution in [0.3, 0.4) is 0 Å². The third kappa shape index (κ3) is 3.71. The van der Waals surface area contributed by atoms with E-state index in [4.69, 9.17) is 9.47 Å². The molecule has 0 fully saturated rings. The highest BCUT2D eigenvalue weighted by atomic mass is 79.9. The summed E-state index contributed by atoms with van der Waals surface area (Å²) in [7, 11) is 3.29. The number of benzene rings is 1. The average molecular weight is 352 g/mol. The van der Waals surface area contributed by atoms with Crippen molar-refractivity contribution in [3.05, 3.63) is 34.4 Å². The second-order valence-electron chi connectivity index (χ2n) is 4.35. The second kappa shape index (κ2) is 7.38. The van der Waals surface area contributed by atoms with E-state index in [0.29, 0.717) is 12.4 Å². The van der Waals surface area contributed by atoms with Gasteiger partial charge in [0.25, 0.3) is 0 Å². The number of hydrogen-bond acceptors (Lipinski definition) is 5. The van der Waals surface area contributed by atoms with E-state index in [1.54, 1.807) is 14.2 Å². The zero-order chi connectivity index (χ0) is 15.2. The lowest BCUT2D eigenvalue weighted by Crippen LogP contribution is -2.07. The molecule has 1 aromatic carbocycles. The summed E-state index contributed by atoms with van der Waals surface area (Å²) in [6.07, 6.45) is 0. The highest BCUT2D eigenvalue weighted by Crippen LogP contribution is 2.28. The van der Waals surface area contributed by atoms with Gasteiger partial charge in [-0.15, -0.1) is 0 Å². The molecule has 0 amide bonds. The molecule has 0 atom stereocenters. The molecule has 0 radical (unpaired) electrons. The molecule has 1 heterocycles. The zero-order valence-corrected chi connectivity index (χ0v) is 13.9. The van der Waals surface area contributed by atoms with Crippen LogP contribution in [0.4, 0.5) is 5.82 Å².